The number of rotatable bonds is 5. The number of para-hydroxylation sites is 1. The summed E-state index contributed by atoms with van der Waals surface area (Å²) in [6, 6.07) is 13.8. The van der Waals surface area contributed by atoms with Crippen molar-refractivity contribution >= 4 is 39.9 Å². The van der Waals surface area contributed by atoms with Gasteiger partial charge in [0.05, 0.1) is 28.6 Å². The lowest BCUT2D eigenvalue weighted by Gasteiger charge is -2.08. The van der Waals surface area contributed by atoms with E-state index in [1.54, 1.807) is 55.7 Å². The summed E-state index contributed by atoms with van der Waals surface area (Å²) in [5.74, 6) is 0.0756. The van der Waals surface area contributed by atoms with Crippen LogP contribution in [0.25, 0.3) is 28.1 Å². The predicted molar refractivity (Wildman–Crippen MR) is 111 cm³/mol. The van der Waals surface area contributed by atoms with Gasteiger partial charge in [0.15, 0.2) is 0 Å². The number of nitrogens with zero attached hydrogens (tertiary/aromatic N) is 2. The Bertz CT molecular complexity index is 1280. The van der Waals surface area contributed by atoms with Crippen molar-refractivity contribution in [2.75, 3.05) is 11.9 Å². The number of pyridine rings is 2. The minimum absolute atomic E-state index is 0.152. The van der Waals surface area contributed by atoms with Crippen LogP contribution in [-0.2, 0) is 4.74 Å². The molecule has 1 aromatic carbocycles. The van der Waals surface area contributed by atoms with Crippen LogP contribution in [0.1, 0.15) is 23.0 Å². The molecule has 0 saturated heterocycles. The Labute approximate surface area is 165 Å². The van der Waals surface area contributed by atoms with Crippen LogP contribution < -0.4 is 10.7 Å². The summed E-state index contributed by atoms with van der Waals surface area (Å²) in [6.45, 7) is 1.92. The molecule has 0 saturated carbocycles. The first-order valence-electron chi connectivity index (χ1n) is 9.05. The van der Waals surface area contributed by atoms with Gasteiger partial charge in [-0.15, -0.1) is 0 Å². The van der Waals surface area contributed by atoms with Crippen LogP contribution in [0.2, 0.25) is 0 Å². The Balaban J connectivity index is 1.84. The third kappa shape index (κ3) is 3.70. The molecular weight excluding hydrogens is 370 g/mol. The molecule has 0 unspecified atom stereocenters. The molecule has 0 aliphatic heterocycles. The zero-order valence-corrected chi connectivity index (χ0v) is 15.6. The Morgan fingerprint density at radius 1 is 1.17 bits per heavy atom. The predicted octanol–water partition coefficient (Wildman–Crippen LogP) is 4.00. The van der Waals surface area contributed by atoms with Gasteiger partial charge in [-0.1, -0.05) is 18.2 Å². The quantitative estimate of drug-likeness (QED) is 0.409. The van der Waals surface area contributed by atoms with E-state index >= 15 is 0 Å². The Morgan fingerprint density at radius 2 is 2.00 bits per heavy atom. The van der Waals surface area contributed by atoms with E-state index in [-0.39, 0.29) is 28.7 Å². The molecule has 29 heavy (non-hydrogen) atoms. The number of aromatic nitrogens is 2. The summed E-state index contributed by atoms with van der Waals surface area (Å²) in [7, 11) is 0. The number of esters is 1. The number of anilines is 1. The molecule has 0 bridgehead atoms. The average Bonchev–Trinajstić information content (AvgIpc) is 2.74. The normalized spacial score (nSPS) is 11.2. The highest BCUT2D eigenvalue weighted by Gasteiger charge is 2.17. The summed E-state index contributed by atoms with van der Waals surface area (Å²) >= 11 is 0. The number of hydrogen-bond donors (Lipinski definition) is 1. The van der Waals surface area contributed by atoms with Gasteiger partial charge in [0, 0.05) is 12.4 Å². The summed E-state index contributed by atoms with van der Waals surface area (Å²) in [5, 5.41) is 3.66. The maximum Gasteiger partial charge on any atom is 0.340 e. The fourth-order valence-corrected chi connectivity index (χ4v) is 2.90. The SMILES string of the molecule is CCOC(=O)c1cc2c(=O)c3ccccc3oc2nc1C=CNc1ccccn1. The lowest BCUT2D eigenvalue weighted by atomic mass is 10.1. The topological polar surface area (TPSA) is 94.3 Å². The van der Waals surface area contributed by atoms with E-state index in [9.17, 15) is 9.59 Å². The van der Waals surface area contributed by atoms with E-state index in [2.05, 4.69) is 15.3 Å². The lowest BCUT2D eigenvalue weighted by Crippen LogP contribution is -2.11. The fraction of sp³-hybridized carbons (Fsp3) is 0.0909. The van der Waals surface area contributed by atoms with Crippen molar-refractivity contribution in [3.8, 4) is 0 Å². The molecule has 7 heteroatoms. The number of ether oxygens (including phenoxy) is 1. The Morgan fingerprint density at radius 3 is 2.79 bits per heavy atom. The Kier molecular flexibility index (Phi) is 5.03. The van der Waals surface area contributed by atoms with E-state index in [0.29, 0.717) is 22.5 Å². The van der Waals surface area contributed by atoms with Gasteiger partial charge in [-0.3, -0.25) is 4.79 Å². The van der Waals surface area contributed by atoms with Crippen LogP contribution in [0, 0.1) is 0 Å². The molecule has 0 atom stereocenters. The highest BCUT2D eigenvalue weighted by Crippen LogP contribution is 2.21. The van der Waals surface area contributed by atoms with Crippen molar-refractivity contribution in [3.05, 3.63) is 82.4 Å². The van der Waals surface area contributed by atoms with E-state index in [0.717, 1.165) is 0 Å². The van der Waals surface area contributed by atoms with Crippen LogP contribution in [0.15, 0.2) is 70.1 Å². The van der Waals surface area contributed by atoms with Gasteiger partial charge < -0.3 is 14.5 Å². The number of carbonyl (C=O) groups is 1. The molecule has 3 heterocycles. The van der Waals surface area contributed by atoms with Crippen LogP contribution >= 0.6 is 0 Å². The standard InChI is InChI=1S/C22H17N3O4/c1-2-28-22(27)15-13-16-20(26)14-7-3-4-8-18(14)29-21(16)25-17(15)10-12-24-19-9-5-6-11-23-19/h3-13H,2H2,1H3,(H,23,24). The molecule has 0 radical (unpaired) electrons. The second-order valence-corrected chi connectivity index (χ2v) is 6.11. The van der Waals surface area contributed by atoms with Crippen molar-refractivity contribution in [1.29, 1.82) is 0 Å². The zero-order valence-electron chi connectivity index (χ0n) is 15.6. The highest BCUT2D eigenvalue weighted by atomic mass is 16.5. The van der Waals surface area contributed by atoms with Gasteiger partial charge in [0.2, 0.25) is 11.1 Å². The minimum Gasteiger partial charge on any atom is -0.462 e. The second kappa shape index (κ2) is 7.93. The number of nitrogens with one attached hydrogen (secondary N) is 1. The van der Waals surface area contributed by atoms with E-state index < -0.39 is 5.97 Å². The van der Waals surface area contributed by atoms with Crippen LogP contribution in [0.3, 0.4) is 0 Å². The molecule has 0 aliphatic carbocycles. The molecule has 1 N–H and O–H groups in total. The van der Waals surface area contributed by atoms with Crippen molar-refractivity contribution in [3.63, 3.8) is 0 Å². The van der Waals surface area contributed by atoms with Crippen molar-refractivity contribution in [1.82, 2.24) is 9.97 Å². The molecule has 7 nitrogen and oxygen atoms in total. The Hall–Kier alpha value is -4.00. The first-order chi connectivity index (χ1) is 14.2. The molecule has 4 rings (SSSR count). The van der Waals surface area contributed by atoms with Crippen LogP contribution in [0.5, 0.6) is 0 Å². The largest absolute Gasteiger partial charge is 0.462 e. The summed E-state index contributed by atoms with van der Waals surface area (Å²) in [4.78, 5) is 33.9. The van der Waals surface area contributed by atoms with E-state index in [1.165, 1.54) is 6.07 Å². The van der Waals surface area contributed by atoms with E-state index in [1.807, 2.05) is 12.1 Å². The van der Waals surface area contributed by atoms with Crippen molar-refractivity contribution in [2.24, 2.45) is 0 Å². The minimum atomic E-state index is -0.563. The van der Waals surface area contributed by atoms with Crippen LogP contribution in [-0.4, -0.2) is 22.5 Å². The molecule has 0 aliphatic rings. The van der Waals surface area contributed by atoms with Gasteiger partial charge >= 0.3 is 5.97 Å². The van der Waals surface area contributed by atoms with Crippen LogP contribution in [0.4, 0.5) is 5.82 Å². The number of benzene rings is 1. The molecule has 0 fully saturated rings. The maximum atomic E-state index is 12.8. The third-order valence-corrected chi connectivity index (χ3v) is 4.23. The summed E-state index contributed by atoms with van der Waals surface area (Å²) in [6.07, 6.45) is 4.88. The number of fused-ring (bicyclic) bond motifs is 2. The zero-order chi connectivity index (χ0) is 20.2. The summed E-state index contributed by atoms with van der Waals surface area (Å²) < 4.78 is 10.9. The monoisotopic (exact) mass is 387 g/mol. The smallest absolute Gasteiger partial charge is 0.340 e. The first-order valence-corrected chi connectivity index (χ1v) is 9.05. The van der Waals surface area contributed by atoms with Gasteiger partial charge in [-0.2, -0.15) is 0 Å². The second-order valence-electron chi connectivity index (χ2n) is 6.11. The fourth-order valence-electron chi connectivity index (χ4n) is 2.90. The molecule has 144 valence electrons. The van der Waals surface area contributed by atoms with Crippen molar-refractivity contribution < 1.29 is 13.9 Å². The summed E-state index contributed by atoms with van der Waals surface area (Å²) in [5.41, 5.74) is 0.836. The third-order valence-electron chi connectivity index (χ3n) is 4.23. The maximum absolute atomic E-state index is 12.8. The number of hydrogen-bond acceptors (Lipinski definition) is 7. The first kappa shape index (κ1) is 18.4. The molecule has 3 aromatic heterocycles. The van der Waals surface area contributed by atoms with Gasteiger partial charge in [0.25, 0.3) is 0 Å². The average molecular weight is 387 g/mol. The number of carbonyl (C=O) groups excluding carboxylic acids is 1. The molecular formula is C22H17N3O4. The van der Waals surface area contributed by atoms with Gasteiger partial charge in [-0.05, 0) is 43.3 Å². The van der Waals surface area contributed by atoms with E-state index in [4.69, 9.17) is 9.15 Å². The van der Waals surface area contributed by atoms with Gasteiger partial charge in [-0.25, -0.2) is 14.8 Å². The molecule has 4 aromatic rings. The van der Waals surface area contributed by atoms with Gasteiger partial charge in [0.1, 0.15) is 11.4 Å². The highest BCUT2D eigenvalue weighted by molar-refractivity contribution is 5.98. The molecule has 0 spiro atoms. The molecule has 0 amide bonds. The lowest BCUT2D eigenvalue weighted by molar-refractivity contribution is 0.0526. The van der Waals surface area contributed by atoms with Crippen molar-refractivity contribution in [2.45, 2.75) is 6.92 Å².